The Bertz CT molecular complexity index is 1220. The second-order valence-electron chi connectivity index (χ2n) is 11.3. The molecule has 0 radical (unpaired) electrons. The summed E-state index contributed by atoms with van der Waals surface area (Å²) < 4.78 is 29.1. The van der Waals surface area contributed by atoms with Crippen molar-refractivity contribution in [3.63, 3.8) is 0 Å². The van der Waals surface area contributed by atoms with Gasteiger partial charge in [0.05, 0.1) is 12.5 Å². The van der Waals surface area contributed by atoms with Gasteiger partial charge in [0.15, 0.2) is 5.82 Å². The fraction of sp³-hybridized carbons (Fsp3) is 0.625. The van der Waals surface area contributed by atoms with Gasteiger partial charge in [0.1, 0.15) is 5.56 Å². The Balaban J connectivity index is 1.40. The maximum atomic E-state index is 13.5. The molecule has 2 unspecified atom stereocenters. The van der Waals surface area contributed by atoms with Gasteiger partial charge in [0, 0.05) is 36.8 Å². The van der Waals surface area contributed by atoms with Gasteiger partial charge in [-0.05, 0) is 81.3 Å². The van der Waals surface area contributed by atoms with Crippen LogP contribution in [0.25, 0.3) is 12.0 Å². The molecule has 11 heteroatoms. The molecule has 6 rings (SSSR count). The Morgan fingerprint density at radius 2 is 1.97 bits per heavy atom. The zero-order chi connectivity index (χ0) is 25.0. The zero-order valence-corrected chi connectivity index (χ0v) is 21.2. The molecule has 2 atom stereocenters. The average molecular weight is 503 g/mol. The van der Waals surface area contributed by atoms with Crippen molar-refractivity contribution in [3.8, 4) is 5.82 Å². The number of nitrogens with one attached hydrogen (secondary N) is 2. The maximum absolute atomic E-state index is 13.5. The van der Waals surface area contributed by atoms with Crippen molar-refractivity contribution in [2.75, 3.05) is 12.9 Å². The first-order valence-corrected chi connectivity index (χ1v) is 14.0. The molecule has 190 valence electrons. The lowest BCUT2D eigenvalue weighted by Crippen LogP contribution is -2.60. The van der Waals surface area contributed by atoms with Crippen LogP contribution in [0.5, 0.6) is 0 Å². The van der Waals surface area contributed by atoms with E-state index in [1.165, 1.54) is 10.9 Å². The molecule has 10 nitrogen and oxygen atoms in total. The third-order valence-electron chi connectivity index (χ3n) is 7.85. The Kier molecular flexibility index (Phi) is 5.92. The SMILES string of the molecule is CC(C)(/C=C/n1ncc(C(=O)NC2C3CC4CC2CC(CO)(C4)C3)c1-n1cccn1)NS(C)(=O)=O. The predicted molar refractivity (Wildman–Crippen MR) is 131 cm³/mol. The van der Waals surface area contributed by atoms with Crippen LogP contribution in [-0.4, -0.2) is 63.4 Å². The smallest absolute Gasteiger partial charge is 0.257 e. The number of aromatic nitrogens is 4. The minimum atomic E-state index is -3.41. The van der Waals surface area contributed by atoms with Crippen LogP contribution in [-0.2, 0) is 10.0 Å². The lowest BCUT2D eigenvalue weighted by Gasteiger charge is -2.59. The van der Waals surface area contributed by atoms with E-state index in [4.69, 9.17) is 0 Å². The first kappa shape index (κ1) is 24.2. The molecule has 3 N–H and O–H groups in total. The summed E-state index contributed by atoms with van der Waals surface area (Å²) in [5, 5.41) is 22.1. The highest BCUT2D eigenvalue weighted by Crippen LogP contribution is 2.59. The summed E-state index contributed by atoms with van der Waals surface area (Å²) in [5.41, 5.74) is -0.412. The normalized spacial score (nSPS) is 30.3. The quantitative estimate of drug-likeness (QED) is 0.504. The Labute approximate surface area is 205 Å². The largest absolute Gasteiger partial charge is 0.396 e. The molecule has 2 aromatic rings. The number of aliphatic hydroxyl groups excluding tert-OH is 1. The molecule has 4 fully saturated rings. The van der Waals surface area contributed by atoms with Gasteiger partial charge in [-0.3, -0.25) is 4.79 Å². The molecule has 4 bridgehead atoms. The van der Waals surface area contributed by atoms with Crippen LogP contribution < -0.4 is 10.0 Å². The van der Waals surface area contributed by atoms with Crippen molar-refractivity contribution < 1.29 is 18.3 Å². The van der Waals surface area contributed by atoms with E-state index in [-0.39, 0.29) is 24.0 Å². The predicted octanol–water partition coefficient (Wildman–Crippen LogP) is 1.78. The van der Waals surface area contributed by atoms with Gasteiger partial charge in [-0.25, -0.2) is 22.5 Å². The average Bonchev–Trinajstić information content (AvgIpc) is 3.42. The van der Waals surface area contributed by atoms with Gasteiger partial charge in [0.2, 0.25) is 10.0 Å². The van der Waals surface area contributed by atoms with Gasteiger partial charge in [-0.1, -0.05) is 0 Å². The molecular weight excluding hydrogens is 468 g/mol. The second kappa shape index (κ2) is 8.56. The maximum Gasteiger partial charge on any atom is 0.257 e. The number of rotatable bonds is 8. The number of hydrogen-bond acceptors (Lipinski definition) is 6. The topological polar surface area (TPSA) is 131 Å². The Hall–Kier alpha value is -2.50. The van der Waals surface area contributed by atoms with Crippen molar-refractivity contribution in [2.24, 2.45) is 23.2 Å². The lowest BCUT2D eigenvalue weighted by molar-refractivity contribution is -0.0969. The van der Waals surface area contributed by atoms with E-state index in [0.29, 0.717) is 29.1 Å². The fourth-order valence-corrected chi connectivity index (χ4v) is 7.89. The van der Waals surface area contributed by atoms with E-state index in [9.17, 15) is 18.3 Å². The van der Waals surface area contributed by atoms with Gasteiger partial charge >= 0.3 is 0 Å². The molecule has 35 heavy (non-hydrogen) atoms. The highest BCUT2D eigenvalue weighted by molar-refractivity contribution is 7.88. The summed E-state index contributed by atoms with van der Waals surface area (Å²) in [6.45, 7) is 3.71. The van der Waals surface area contributed by atoms with Gasteiger partial charge in [-0.15, -0.1) is 0 Å². The summed E-state index contributed by atoms with van der Waals surface area (Å²) in [6, 6.07) is 1.87. The van der Waals surface area contributed by atoms with Crippen molar-refractivity contribution in [2.45, 2.75) is 57.5 Å². The monoisotopic (exact) mass is 502 g/mol. The van der Waals surface area contributed by atoms with Crippen LogP contribution in [0.3, 0.4) is 0 Å². The number of sulfonamides is 1. The lowest BCUT2D eigenvalue weighted by atomic mass is 9.48. The van der Waals surface area contributed by atoms with Crippen molar-refractivity contribution in [3.05, 3.63) is 36.3 Å². The molecule has 4 aliphatic carbocycles. The highest BCUT2D eigenvalue weighted by Gasteiger charge is 2.55. The van der Waals surface area contributed by atoms with Crippen molar-refractivity contribution in [1.29, 1.82) is 0 Å². The molecule has 4 saturated carbocycles. The molecular formula is C24H34N6O4S. The summed E-state index contributed by atoms with van der Waals surface area (Å²) in [4.78, 5) is 13.5. The van der Waals surface area contributed by atoms with Gasteiger partial charge in [0.25, 0.3) is 5.91 Å². The standard InChI is InChI=1S/C24H34N6O4S/c1-23(2,28-35(3,33)34)5-8-30-22(29-7-4-6-25-29)19(14-26-30)21(32)27-20-17-9-16-10-18(20)13-24(11-16,12-17)15-31/h4-8,14,16-18,20,28,31H,9-13,15H2,1-3H3,(H,27,32)/b8-5+. The van der Waals surface area contributed by atoms with Crippen LogP contribution in [0, 0.1) is 23.2 Å². The minimum Gasteiger partial charge on any atom is -0.396 e. The molecule has 2 heterocycles. The van der Waals surface area contributed by atoms with E-state index < -0.39 is 15.6 Å². The van der Waals surface area contributed by atoms with Crippen LogP contribution in [0.4, 0.5) is 0 Å². The molecule has 0 aromatic carbocycles. The number of nitrogens with zero attached hydrogens (tertiary/aromatic N) is 4. The molecule has 0 saturated heterocycles. The summed E-state index contributed by atoms with van der Waals surface area (Å²) >= 11 is 0. The van der Waals surface area contributed by atoms with E-state index in [0.717, 1.165) is 38.4 Å². The number of hydrogen-bond donors (Lipinski definition) is 3. The summed E-state index contributed by atoms with van der Waals surface area (Å²) in [7, 11) is -3.41. The zero-order valence-electron chi connectivity index (χ0n) is 20.4. The molecule has 4 aliphatic rings. The Morgan fingerprint density at radius 3 is 2.57 bits per heavy atom. The van der Waals surface area contributed by atoms with E-state index in [2.05, 4.69) is 20.2 Å². The van der Waals surface area contributed by atoms with Crippen molar-refractivity contribution >= 4 is 22.1 Å². The summed E-state index contributed by atoms with van der Waals surface area (Å²) in [6.07, 6.45) is 14.6. The molecule has 0 spiro atoms. The third kappa shape index (κ3) is 4.81. The van der Waals surface area contributed by atoms with Crippen LogP contribution in [0.1, 0.15) is 56.3 Å². The van der Waals surface area contributed by atoms with E-state index in [1.807, 2.05) is 0 Å². The minimum absolute atomic E-state index is 0.0421. The Morgan fingerprint density at radius 1 is 1.26 bits per heavy atom. The van der Waals surface area contributed by atoms with Gasteiger partial charge < -0.3 is 10.4 Å². The van der Waals surface area contributed by atoms with Crippen molar-refractivity contribution in [1.82, 2.24) is 29.6 Å². The van der Waals surface area contributed by atoms with Crippen LogP contribution in [0.15, 0.2) is 30.7 Å². The van der Waals surface area contributed by atoms with Crippen LogP contribution in [0.2, 0.25) is 0 Å². The first-order valence-electron chi connectivity index (χ1n) is 12.2. The summed E-state index contributed by atoms with van der Waals surface area (Å²) in [5.74, 6) is 1.73. The fourth-order valence-electron chi connectivity index (χ4n) is 6.87. The number of aliphatic hydroxyl groups is 1. The molecule has 2 aromatic heterocycles. The third-order valence-corrected chi connectivity index (χ3v) is 8.75. The molecule has 1 amide bonds. The van der Waals surface area contributed by atoms with E-state index in [1.54, 1.807) is 49.3 Å². The van der Waals surface area contributed by atoms with E-state index >= 15 is 0 Å². The first-order chi connectivity index (χ1) is 16.5. The second-order valence-corrected chi connectivity index (χ2v) is 13.1. The molecule has 0 aliphatic heterocycles. The van der Waals surface area contributed by atoms with Crippen LogP contribution >= 0.6 is 0 Å². The highest BCUT2D eigenvalue weighted by atomic mass is 32.2. The van der Waals surface area contributed by atoms with Gasteiger partial charge in [-0.2, -0.15) is 10.2 Å². The number of carbonyl (C=O) groups excluding carboxylic acids is 1. The number of amides is 1. The number of carbonyl (C=O) groups is 1.